The largest absolute Gasteiger partial charge is 0.293 e. The third-order valence-corrected chi connectivity index (χ3v) is 3.54. The molecule has 1 rings (SSSR count). The van der Waals surface area contributed by atoms with Gasteiger partial charge in [-0.1, -0.05) is 26.0 Å². The maximum Gasteiger partial charge on any atom is 0.175 e. The van der Waals surface area contributed by atoms with Crippen LogP contribution in [-0.2, 0) is 10.8 Å². The third-order valence-electron chi connectivity index (χ3n) is 1.95. The zero-order chi connectivity index (χ0) is 11.4. The molecule has 0 saturated heterocycles. The Hall–Kier alpha value is -1.03. The highest BCUT2D eigenvalue weighted by Gasteiger charge is 2.13. The van der Waals surface area contributed by atoms with Crippen molar-refractivity contribution in [2.24, 2.45) is 0 Å². The lowest BCUT2D eigenvalue weighted by Gasteiger charge is -2.04. The molecule has 4 heteroatoms. The quantitative estimate of drug-likeness (QED) is 0.740. The van der Waals surface area contributed by atoms with Gasteiger partial charge in [-0.3, -0.25) is 9.00 Å². The second-order valence-corrected chi connectivity index (χ2v) is 5.50. The summed E-state index contributed by atoms with van der Waals surface area (Å²) in [5, 5.41) is -0.0532. The Morgan fingerprint density at radius 2 is 2.13 bits per heavy atom. The van der Waals surface area contributed by atoms with Crippen molar-refractivity contribution < 1.29 is 13.4 Å². The number of halogens is 1. The number of Topliss-reactive ketones (excluding diaryl/α,β-unsaturated/α-hetero) is 1. The summed E-state index contributed by atoms with van der Waals surface area (Å²) < 4.78 is 24.2. The van der Waals surface area contributed by atoms with Crippen LogP contribution in [0.5, 0.6) is 0 Å². The first-order valence-electron chi connectivity index (χ1n) is 4.66. The normalized spacial score (nSPS) is 12.8. The molecule has 0 aromatic heterocycles. The molecule has 1 aromatic carbocycles. The minimum atomic E-state index is -1.18. The van der Waals surface area contributed by atoms with Crippen LogP contribution in [0, 0.1) is 5.82 Å². The summed E-state index contributed by atoms with van der Waals surface area (Å²) in [4.78, 5) is 11.6. The van der Waals surface area contributed by atoms with Crippen molar-refractivity contribution in [3.05, 3.63) is 35.6 Å². The second kappa shape index (κ2) is 5.16. The summed E-state index contributed by atoms with van der Waals surface area (Å²) >= 11 is 0. The van der Waals surface area contributed by atoms with E-state index >= 15 is 0 Å². The van der Waals surface area contributed by atoms with Gasteiger partial charge in [-0.05, 0) is 12.1 Å². The highest BCUT2D eigenvalue weighted by atomic mass is 32.2. The van der Waals surface area contributed by atoms with Crippen LogP contribution >= 0.6 is 0 Å². The van der Waals surface area contributed by atoms with Gasteiger partial charge in [0.2, 0.25) is 0 Å². The lowest BCUT2D eigenvalue weighted by molar-refractivity contribution is 0.102. The average Bonchev–Trinajstić information content (AvgIpc) is 2.17. The number of hydrogen-bond acceptors (Lipinski definition) is 2. The van der Waals surface area contributed by atoms with Gasteiger partial charge in [0, 0.05) is 21.6 Å². The van der Waals surface area contributed by atoms with E-state index in [1.54, 1.807) is 13.8 Å². The molecule has 1 atom stereocenters. The Kier molecular flexibility index (Phi) is 4.15. The van der Waals surface area contributed by atoms with Crippen molar-refractivity contribution in [3.63, 3.8) is 0 Å². The molecule has 0 aliphatic rings. The maximum atomic E-state index is 12.8. The fraction of sp³-hybridized carbons (Fsp3) is 0.364. The van der Waals surface area contributed by atoms with Gasteiger partial charge in [-0.15, -0.1) is 0 Å². The lowest BCUT2D eigenvalue weighted by atomic mass is 10.1. The number of carbonyl (C=O) groups is 1. The zero-order valence-corrected chi connectivity index (χ0v) is 9.51. The number of carbonyl (C=O) groups excluding carboxylic acids is 1. The first kappa shape index (κ1) is 12.0. The summed E-state index contributed by atoms with van der Waals surface area (Å²) in [6, 6.07) is 5.44. The van der Waals surface area contributed by atoms with Crippen molar-refractivity contribution in [2.75, 3.05) is 5.75 Å². The molecule has 15 heavy (non-hydrogen) atoms. The third kappa shape index (κ3) is 3.55. The predicted molar refractivity (Wildman–Crippen MR) is 58.9 cm³/mol. The van der Waals surface area contributed by atoms with Crippen LogP contribution in [-0.4, -0.2) is 21.0 Å². The molecule has 0 fully saturated rings. The van der Waals surface area contributed by atoms with Crippen molar-refractivity contribution in [2.45, 2.75) is 19.1 Å². The predicted octanol–water partition coefficient (Wildman–Crippen LogP) is 2.17. The van der Waals surface area contributed by atoms with E-state index in [2.05, 4.69) is 0 Å². The second-order valence-electron chi connectivity index (χ2n) is 3.51. The van der Waals surface area contributed by atoms with Gasteiger partial charge in [0.15, 0.2) is 5.78 Å². The minimum Gasteiger partial charge on any atom is -0.293 e. The molecule has 0 radical (unpaired) electrons. The summed E-state index contributed by atoms with van der Waals surface area (Å²) in [6.07, 6.45) is 0. The Balaban J connectivity index is 2.74. The number of benzene rings is 1. The van der Waals surface area contributed by atoms with Crippen LogP contribution in [0.1, 0.15) is 24.2 Å². The molecule has 0 heterocycles. The van der Waals surface area contributed by atoms with Crippen molar-refractivity contribution >= 4 is 16.6 Å². The van der Waals surface area contributed by atoms with E-state index < -0.39 is 16.6 Å². The molecule has 0 spiro atoms. The Morgan fingerprint density at radius 1 is 1.47 bits per heavy atom. The van der Waals surface area contributed by atoms with Crippen LogP contribution < -0.4 is 0 Å². The van der Waals surface area contributed by atoms with E-state index in [4.69, 9.17) is 0 Å². The summed E-state index contributed by atoms with van der Waals surface area (Å²) in [5.41, 5.74) is 0.281. The van der Waals surface area contributed by atoms with Gasteiger partial charge >= 0.3 is 0 Å². The molecule has 0 amide bonds. The van der Waals surface area contributed by atoms with E-state index in [9.17, 15) is 13.4 Å². The molecule has 0 bridgehead atoms. The Bertz CT molecular complexity index is 388. The molecule has 0 aliphatic carbocycles. The average molecular weight is 228 g/mol. The summed E-state index contributed by atoms with van der Waals surface area (Å²) in [6.45, 7) is 3.57. The molecule has 0 N–H and O–H groups in total. The van der Waals surface area contributed by atoms with E-state index in [1.165, 1.54) is 24.3 Å². The molecule has 2 nitrogen and oxygen atoms in total. The highest BCUT2D eigenvalue weighted by Crippen LogP contribution is 2.06. The maximum absolute atomic E-state index is 12.8. The van der Waals surface area contributed by atoms with E-state index in [1.807, 2.05) is 0 Å². The smallest absolute Gasteiger partial charge is 0.175 e. The van der Waals surface area contributed by atoms with Gasteiger partial charge in [0.05, 0.1) is 5.75 Å². The number of hydrogen-bond donors (Lipinski definition) is 0. The molecule has 1 unspecified atom stereocenters. The number of rotatable bonds is 4. The van der Waals surface area contributed by atoms with Crippen molar-refractivity contribution in [1.82, 2.24) is 0 Å². The van der Waals surface area contributed by atoms with Gasteiger partial charge in [-0.25, -0.2) is 4.39 Å². The van der Waals surface area contributed by atoms with E-state index in [-0.39, 0.29) is 22.3 Å². The fourth-order valence-corrected chi connectivity index (χ4v) is 1.80. The standard InChI is InChI=1S/C11H13FO2S/c1-8(2)15(14)7-11(13)9-4-3-5-10(12)6-9/h3-6,8H,7H2,1-2H3. The van der Waals surface area contributed by atoms with Crippen molar-refractivity contribution in [1.29, 1.82) is 0 Å². The summed E-state index contributed by atoms with van der Waals surface area (Å²) in [7, 11) is -1.18. The Morgan fingerprint density at radius 3 is 2.67 bits per heavy atom. The van der Waals surface area contributed by atoms with Crippen LogP contribution in [0.3, 0.4) is 0 Å². The topological polar surface area (TPSA) is 34.1 Å². The van der Waals surface area contributed by atoms with Gasteiger partial charge in [0.25, 0.3) is 0 Å². The lowest BCUT2D eigenvalue weighted by Crippen LogP contribution is -2.17. The van der Waals surface area contributed by atoms with E-state index in [0.29, 0.717) is 0 Å². The molecule has 82 valence electrons. The molecule has 1 aromatic rings. The SMILES string of the molecule is CC(C)S(=O)CC(=O)c1cccc(F)c1. The molecular weight excluding hydrogens is 215 g/mol. The first-order valence-corrected chi connectivity index (χ1v) is 6.05. The molecule has 0 aliphatic heterocycles. The molecular formula is C11H13FO2S. The van der Waals surface area contributed by atoms with Crippen LogP contribution in [0.15, 0.2) is 24.3 Å². The van der Waals surface area contributed by atoms with Gasteiger partial charge in [0.1, 0.15) is 5.82 Å². The van der Waals surface area contributed by atoms with Crippen molar-refractivity contribution in [3.8, 4) is 0 Å². The first-order chi connectivity index (χ1) is 7.00. The van der Waals surface area contributed by atoms with Gasteiger partial charge in [-0.2, -0.15) is 0 Å². The monoisotopic (exact) mass is 228 g/mol. The summed E-state index contributed by atoms with van der Waals surface area (Å²) in [5.74, 6) is -0.765. The van der Waals surface area contributed by atoms with Crippen LogP contribution in [0.2, 0.25) is 0 Å². The Labute approximate surface area is 91.0 Å². The van der Waals surface area contributed by atoms with Gasteiger partial charge < -0.3 is 0 Å². The van der Waals surface area contributed by atoms with E-state index in [0.717, 1.165) is 0 Å². The zero-order valence-electron chi connectivity index (χ0n) is 8.70. The van der Waals surface area contributed by atoms with Crippen LogP contribution in [0.25, 0.3) is 0 Å². The number of ketones is 1. The molecule has 0 saturated carbocycles. The highest BCUT2D eigenvalue weighted by molar-refractivity contribution is 7.86. The minimum absolute atomic E-state index is 0.0406. The van der Waals surface area contributed by atoms with Crippen LogP contribution in [0.4, 0.5) is 4.39 Å². The fourth-order valence-electron chi connectivity index (χ4n) is 1.04.